The largest absolute Gasteiger partial charge is 1.00 e. The summed E-state index contributed by atoms with van der Waals surface area (Å²) in [6.07, 6.45) is 0.459. The quantitative estimate of drug-likeness (QED) is 0.490. The average molecular weight is 219 g/mol. The number of quaternary nitrogens is 1. The fourth-order valence-corrected chi connectivity index (χ4v) is 0.916. The van der Waals surface area contributed by atoms with Crippen LogP contribution in [0.3, 0.4) is 0 Å². The van der Waals surface area contributed by atoms with Crippen LogP contribution in [0.2, 0.25) is 0 Å². The Hall–Kier alpha value is 0.460. The van der Waals surface area contributed by atoms with Gasteiger partial charge in [0.25, 0.3) is 0 Å². The van der Waals surface area contributed by atoms with Gasteiger partial charge in [-0.1, -0.05) is 0 Å². The molecule has 0 fully saturated rings. The first-order chi connectivity index (χ1) is 4.45. The molecule has 0 aliphatic rings. The SMILES string of the molecule is C[N+](C)(C)C[C@H](O)CCN.Cl.[Cl-]. The van der Waals surface area contributed by atoms with Crippen molar-refractivity contribution < 1.29 is 22.0 Å². The third-order valence-corrected chi connectivity index (χ3v) is 1.26. The Labute approximate surface area is 87.3 Å². The second-order valence-electron chi connectivity index (χ2n) is 3.70. The third-order valence-electron chi connectivity index (χ3n) is 1.26. The molecule has 0 amide bonds. The maximum Gasteiger partial charge on any atom is 0.104 e. The molecule has 3 nitrogen and oxygen atoms in total. The number of aliphatic hydroxyl groups is 1. The molecule has 0 saturated heterocycles. The molecular formula is C7H20Cl2N2O. The highest BCUT2D eigenvalue weighted by Crippen LogP contribution is 1.97. The summed E-state index contributed by atoms with van der Waals surface area (Å²) < 4.78 is 0.793. The van der Waals surface area contributed by atoms with Gasteiger partial charge in [0.1, 0.15) is 12.6 Å². The number of nitrogens with two attached hydrogens (primary N) is 1. The average Bonchev–Trinajstić information content (AvgIpc) is 1.59. The van der Waals surface area contributed by atoms with Crippen LogP contribution in [0, 0.1) is 0 Å². The van der Waals surface area contributed by atoms with Crippen molar-refractivity contribution in [3.63, 3.8) is 0 Å². The first kappa shape index (κ1) is 18.3. The molecule has 0 aromatic carbocycles. The van der Waals surface area contributed by atoms with E-state index in [-0.39, 0.29) is 30.9 Å². The normalized spacial score (nSPS) is 12.8. The number of likely N-dealkylation sites (N-methyl/N-ethyl adjacent to an activating group) is 1. The second kappa shape index (κ2) is 8.08. The van der Waals surface area contributed by atoms with Crippen LogP contribution < -0.4 is 18.1 Å². The molecule has 0 aromatic heterocycles. The molecule has 0 aliphatic heterocycles. The number of nitrogens with zero attached hydrogens (tertiary/aromatic N) is 1. The zero-order valence-corrected chi connectivity index (χ0v) is 9.53. The predicted molar refractivity (Wildman–Crippen MR) is 49.8 cm³/mol. The van der Waals surface area contributed by atoms with Crippen LogP contribution in [0.15, 0.2) is 0 Å². The van der Waals surface area contributed by atoms with Crippen molar-refractivity contribution in [2.75, 3.05) is 34.2 Å². The smallest absolute Gasteiger partial charge is 0.104 e. The van der Waals surface area contributed by atoms with Crippen molar-refractivity contribution in [1.82, 2.24) is 0 Å². The van der Waals surface area contributed by atoms with E-state index in [0.29, 0.717) is 13.0 Å². The Kier molecular flexibility index (Phi) is 12.3. The molecule has 0 bridgehead atoms. The molecule has 0 rings (SSSR count). The minimum absolute atomic E-state index is 0. The Morgan fingerprint density at radius 1 is 1.33 bits per heavy atom. The van der Waals surface area contributed by atoms with E-state index in [2.05, 4.69) is 21.1 Å². The number of halogens is 2. The number of hydrogen-bond donors (Lipinski definition) is 2. The first-order valence-electron chi connectivity index (χ1n) is 3.64. The Bertz CT molecular complexity index is 95.9. The van der Waals surface area contributed by atoms with Crippen LogP contribution in [0.25, 0.3) is 0 Å². The number of rotatable bonds is 4. The summed E-state index contributed by atoms with van der Waals surface area (Å²) in [7, 11) is 6.17. The van der Waals surface area contributed by atoms with Gasteiger partial charge in [-0.15, -0.1) is 12.4 Å². The van der Waals surface area contributed by atoms with Gasteiger partial charge >= 0.3 is 0 Å². The summed E-state index contributed by atoms with van der Waals surface area (Å²) >= 11 is 0. The molecule has 3 N–H and O–H groups in total. The molecule has 0 heterocycles. The predicted octanol–water partition coefficient (Wildman–Crippen LogP) is -3.17. The van der Waals surface area contributed by atoms with Crippen LogP contribution >= 0.6 is 12.4 Å². The minimum atomic E-state index is -0.245. The van der Waals surface area contributed by atoms with Crippen molar-refractivity contribution in [1.29, 1.82) is 0 Å². The maximum atomic E-state index is 9.29. The van der Waals surface area contributed by atoms with Crippen LogP contribution in [0.4, 0.5) is 0 Å². The van der Waals surface area contributed by atoms with E-state index in [9.17, 15) is 5.11 Å². The van der Waals surface area contributed by atoms with Crippen molar-refractivity contribution >= 4 is 12.4 Å². The molecular weight excluding hydrogens is 199 g/mol. The molecule has 0 unspecified atom stereocenters. The summed E-state index contributed by atoms with van der Waals surface area (Å²) in [5.74, 6) is 0. The lowest BCUT2D eigenvalue weighted by Crippen LogP contribution is -3.00. The van der Waals surface area contributed by atoms with Gasteiger partial charge in [-0.25, -0.2) is 0 Å². The van der Waals surface area contributed by atoms with E-state index in [4.69, 9.17) is 5.73 Å². The van der Waals surface area contributed by atoms with Gasteiger partial charge in [0.15, 0.2) is 0 Å². The van der Waals surface area contributed by atoms with Crippen LogP contribution in [0.1, 0.15) is 6.42 Å². The van der Waals surface area contributed by atoms with E-state index in [1.807, 2.05) is 0 Å². The fraction of sp³-hybridized carbons (Fsp3) is 1.00. The standard InChI is InChI=1S/C7H19N2O.2ClH/c1-9(2,3)6-7(10)4-5-8;;/h7,10H,4-6,8H2,1-3H3;2*1H/q+1;;/p-1/t7-;;/m1../s1. The highest BCUT2D eigenvalue weighted by atomic mass is 35.5. The van der Waals surface area contributed by atoms with Crippen LogP contribution in [0.5, 0.6) is 0 Å². The summed E-state index contributed by atoms with van der Waals surface area (Å²) in [6.45, 7) is 1.35. The van der Waals surface area contributed by atoms with E-state index < -0.39 is 0 Å². The fourth-order valence-electron chi connectivity index (χ4n) is 0.916. The topological polar surface area (TPSA) is 46.2 Å². The first-order valence-corrected chi connectivity index (χ1v) is 3.64. The van der Waals surface area contributed by atoms with Crippen molar-refractivity contribution in [2.45, 2.75) is 12.5 Å². The van der Waals surface area contributed by atoms with Gasteiger partial charge in [0, 0.05) is 0 Å². The second-order valence-corrected chi connectivity index (χ2v) is 3.70. The summed E-state index contributed by atoms with van der Waals surface area (Å²) in [5, 5.41) is 9.29. The Balaban J connectivity index is -0.000000405. The lowest BCUT2D eigenvalue weighted by Gasteiger charge is -2.26. The van der Waals surface area contributed by atoms with E-state index in [1.165, 1.54) is 0 Å². The molecule has 0 radical (unpaired) electrons. The van der Waals surface area contributed by atoms with Crippen LogP contribution in [-0.4, -0.2) is 49.9 Å². The van der Waals surface area contributed by atoms with Gasteiger partial charge in [0.2, 0.25) is 0 Å². The lowest BCUT2D eigenvalue weighted by atomic mass is 10.2. The van der Waals surface area contributed by atoms with Gasteiger partial charge in [-0.3, -0.25) is 0 Å². The third kappa shape index (κ3) is 13.1. The number of hydrogen-bond acceptors (Lipinski definition) is 2. The summed E-state index contributed by atoms with van der Waals surface area (Å²) in [4.78, 5) is 0. The lowest BCUT2D eigenvalue weighted by molar-refractivity contribution is -0.873. The van der Waals surface area contributed by atoms with E-state index >= 15 is 0 Å². The van der Waals surface area contributed by atoms with Gasteiger partial charge < -0.3 is 27.7 Å². The Morgan fingerprint density at radius 2 is 1.75 bits per heavy atom. The molecule has 1 atom stereocenters. The van der Waals surface area contributed by atoms with Crippen molar-refractivity contribution in [2.24, 2.45) is 5.73 Å². The minimum Gasteiger partial charge on any atom is -1.00 e. The van der Waals surface area contributed by atoms with Gasteiger partial charge in [-0.05, 0) is 13.0 Å². The molecule has 78 valence electrons. The monoisotopic (exact) mass is 218 g/mol. The molecule has 0 spiro atoms. The zero-order chi connectivity index (χ0) is 8.20. The van der Waals surface area contributed by atoms with Crippen LogP contribution in [-0.2, 0) is 0 Å². The van der Waals surface area contributed by atoms with Crippen molar-refractivity contribution in [3.05, 3.63) is 0 Å². The zero-order valence-electron chi connectivity index (χ0n) is 7.96. The highest BCUT2D eigenvalue weighted by Gasteiger charge is 2.13. The Morgan fingerprint density at radius 3 is 2.00 bits per heavy atom. The molecule has 0 aromatic rings. The summed E-state index contributed by atoms with van der Waals surface area (Å²) in [5.41, 5.74) is 5.28. The summed E-state index contributed by atoms with van der Waals surface area (Å²) in [6, 6.07) is 0. The maximum absolute atomic E-state index is 9.29. The number of aliphatic hydroxyl groups excluding tert-OH is 1. The van der Waals surface area contributed by atoms with Crippen molar-refractivity contribution in [3.8, 4) is 0 Å². The van der Waals surface area contributed by atoms with Gasteiger partial charge in [-0.2, -0.15) is 0 Å². The molecule has 5 heteroatoms. The molecule has 0 saturated carbocycles. The highest BCUT2D eigenvalue weighted by molar-refractivity contribution is 5.85. The molecule has 12 heavy (non-hydrogen) atoms. The van der Waals surface area contributed by atoms with Gasteiger partial charge in [0.05, 0.1) is 21.1 Å². The van der Waals surface area contributed by atoms with E-state index in [0.717, 1.165) is 11.0 Å². The van der Waals surface area contributed by atoms with E-state index in [1.54, 1.807) is 0 Å². The molecule has 0 aliphatic carbocycles.